The van der Waals surface area contributed by atoms with Crippen molar-refractivity contribution >= 4 is 34.9 Å². The standard InChI is InChI=1S/C10H6Cl2N4O2/c11-7-2-8(16-10(12)14-7)15-9(18)5-1-6(17)4-13-3-5/h1-4,17H,(H,14,15,16,18). The minimum absolute atomic E-state index is 0.0770. The SMILES string of the molecule is O=C(Nc1cc(Cl)nc(Cl)n1)c1cncc(O)c1. The lowest BCUT2D eigenvalue weighted by molar-refractivity contribution is 0.102. The summed E-state index contributed by atoms with van der Waals surface area (Å²) in [6, 6.07) is 2.62. The van der Waals surface area contributed by atoms with E-state index in [0.29, 0.717) is 0 Å². The van der Waals surface area contributed by atoms with Gasteiger partial charge in [-0.15, -0.1) is 0 Å². The molecular formula is C10H6Cl2N4O2. The topological polar surface area (TPSA) is 88.0 Å². The van der Waals surface area contributed by atoms with Crippen LogP contribution in [0.1, 0.15) is 10.4 Å². The molecule has 2 aromatic rings. The Morgan fingerprint density at radius 2 is 2.00 bits per heavy atom. The van der Waals surface area contributed by atoms with E-state index in [2.05, 4.69) is 20.3 Å². The Morgan fingerprint density at radius 1 is 1.22 bits per heavy atom. The van der Waals surface area contributed by atoms with E-state index in [9.17, 15) is 9.90 Å². The third-order valence-electron chi connectivity index (χ3n) is 1.90. The molecule has 0 fully saturated rings. The van der Waals surface area contributed by atoms with E-state index in [1.165, 1.54) is 24.5 Å². The van der Waals surface area contributed by atoms with Gasteiger partial charge in [0.25, 0.3) is 5.91 Å². The predicted octanol–water partition coefficient (Wildman–Crippen LogP) is 2.14. The summed E-state index contributed by atoms with van der Waals surface area (Å²) in [4.78, 5) is 22.9. The summed E-state index contributed by atoms with van der Waals surface area (Å²) in [6.07, 6.45) is 2.52. The van der Waals surface area contributed by atoms with E-state index < -0.39 is 5.91 Å². The third kappa shape index (κ3) is 3.06. The molecule has 0 atom stereocenters. The average molecular weight is 285 g/mol. The highest BCUT2D eigenvalue weighted by Crippen LogP contribution is 2.16. The summed E-state index contributed by atoms with van der Waals surface area (Å²) < 4.78 is 0. The minimum Gasteiger partial charge on any atom is -0.506 e. The van der Waals surface area contributed by atoms with Gasteiger partial charge >= 0.3 is 0 Å². The maximum absolute atomic E-state index is 11.8. The fourth-order valence-corrected chi connectivity index (χ4v) is 1.60. The zero-order valence-corrected chi connectivity index (χ0v) is 10.3. The molecule has 92 valence electrons. The molecule has 18 heavy (non-hydrogen) atoms. The first-order valence-electron chi connectivity index (χ1n) is 4.70. The average Bonchev–Trinajstić information content (AvgIpc) is 2.27. The summed E-state index contributed by atoms with van der Waals surface area (Å²) in [5, 5.41) is 11.7. The second-order valence-corrected chi connectivity index (χ2v) is 3.96. The monoisotopic (exact) mass is 284 g/mol. The fraction of sp³-hybridized carbons (Fsp3) is 0. The molecule has 0 aliphatic rings. The van der Waals surface area contributed by atoms with E-state index >= 15 is 0 Å². The molecule has 8 heteroatoms. The molecule has 0 aliphatic heterocycles. The van der Waals surface area contributed by atoms with Gasteiger partial charge in [-0.1, -0.05) is 11.6 Å². The highest BCUT2D eigenvalue weighted by Gasteiger charge is 2.09. The van der Waals surface area contributed by atoms with Crippen molar-refractivity contribution in [1.82, 2.24) is 15.0 Å². The molecule has 0 saturated carbocycles. The number of nitrogens with zero attached hydrogens (tertiary/aromatic N) is 3. The van der Waals surface area contributed by atoms with Crippen molar-refractivity contribution in [3.8, 4) is 5.75 Å². The Kier molecular flexibility index (Phi) is 3.59. The molecule has 0 saturated heterocycles. The van der Waals surface area contributed by atoms with E-state index in [4.69, 9.17) is 23.2 Å². The summed E-state index contributed by atoms with van der Waals surface area (Å²) in [7, 11) is 0. The van der Waals surface area contributed by atoms with Gasteiger partial charge in [-0.3, -0.25) is 9.78 Å². The molecule has 0 radical (unpaired) electrons. The van der Waals surface area contributed by atoms with Crippen molar-refractivity contribution in [3.05, 3.63) is 40.5 Å². The number of hydrogen-bond donors (Lipinski definition) is 2. The highest BCUT2D eigenvalue weighted by molar-refractivity contribution is 6.32. The number of carbonyl (C=O) groups excluding carboxylic acids is 1. The van der Waals surface area contributed by atoms with Crippen LogP contribution in [0.5, 0.6) is 5.75 Å². The Hall–Kier alpha value is -1.92. The van der Waals surface area contributed by atoms with Crippen LogP contribution in [0, 0.1) is 0 Å². The number of anilines is 1. The van der Waals surface area contributed by atoms with Gasteiger partial charge < -0.3 is 10.4 Å². The van der Waals surface area contributed by atoms with Gasteiger partial charge in [0.05, 0.1) is 11.8 Å². The minimum atomic E-state index is -0.496. The predicted molar refractivity (Wildman–Crippen MR) is 65.9 cm³/mol. The molecule has 2 heterocycles. The number of amides is 1. The zero-order valence-electron chi connectivity index (χ0n) is 8.76. The van der Waals surface area contributed by atoms with Crippen molar-refractivity contribution in [3.63, 3.8) is 0 Å². The van der Waals surface area contributed by atoms with Crippen LogP contribution in [0.4, 0.5) is 5.82 Å². The zero-order chi connectivity index (χ0) is 13.1. The molecular weight excluding hydrogens is 279 g/mol. The van der Waals surface area contributed by atoms with Gasteiger partial charge in [0.1, 0.15) is 16.7 Å². The number of pyridine rings is 1. The molecule has 6 nitrogen and oxygen atoms in total. The molecule has 0 aromatic carbocycles. The van der Waals surface area contributed by atoms with Crippen LogP contribution in [0.2, 0.25) is 10.4 Å². The van der Waals surface area contributed by atoms with Gasteiger partial charge in [0.15, 0.2) is 0 Å². The summed E-state index contributed by atoms with van der Waals surface area (Å²) in [5.41, 5.74) is 0.181. The van der Waals surface area contributed by atoms with Crippen molar-refractivity contribution in [2.24, 2.45) is 0 Å². The van der Waals surface area contributed by atoms with Gasteiger partial charge in [0.2, 0.25) is 5.28 Å². The number of halogens is 2. The van der Waals surface area contributed by atoms with Crippen molar-refractivity contribution in [1.29, 1.82) is 0 Å². The Balaban J connectivity index is 2.21. The van der Waals surface area contributed by atoms with Crippen LogP contribution >= 0.6 is 23.2 Å². The molecule has 1 amide bonds. The van der Waals surface area contributed by atoms with Crippen LogP contribution in [0.3, 0.4) is 0 Å². The maximum Gasteiger partial charge on any atom is 0.258 e. The quantitative estimate of drug-likeness (QED) is 0.652. The Morgan fingerprint density at radius 3 is 2.67 bits per heavy atom. The molecule has 0 spiro atoms. The largest absolute Gasteiger partial charge is 0.506 e. The van der Waals surface area contributed by atoms with Crippen molar-refractivity contribution < 1.29 is 9.90 Å². The lowest BCUT2D eigenvalue weighted by atomic mass is 10.2. The number of rotatable bonds is 2. The van der Waals surface area contributed by atoms with Gasteiger partial charge in [-0.25, -0.2) is 9.97 Å². The van der Waals surface area contributed by atoms with Crippen LogP contribution in [0.25, 0.3) is 0 Å². The smallest absolute Gasteiger partial charge is 0.258 e. The van der Waals surface area contributed by atoms with Crippen LogP contribution in [-0.4, -0.2) is 26.0 Å². The summed E-state index contributed by atoms with van der Waals surface area (Å²) in [5.74, 6) is -0.445. The van der Waals surface area contributed by atoms with Crippen LogP contribution < -0.4 is 5.32 Å². The lowest BCUT2D eigenvalue weighted by Crippen LogP contribution is -2.13. The Bertz CT molecular complexity index is 586. The van der Waals surface area contributed by atoms with E-state index in [0.717, 1.165) is 0 Å². The molecule has 0 aliphatic carbocycles. The number of carbonyl (C=O) groups is 1. The van der Waals surface area contributed by atoms with E-state index in [1.54, 1.807) is 0 Å². The van der Waals surface area contributed by atoms with Crippen molar-refractivity contribution in [2.75, 3.05) is 5.32 Å². The molecule has 0 unspecified atom stereocenters. The molecule has 2 rings (SSSR count). The summed E-state index contributed by atoms with van der Waals surface area (Å²) in [6.45, 7) is 0. The third-order valence-corrected chi connectivity index (χ3v) is 2.26. The molecule has 0 bridgehead atoms. The first kappa shape index (κ1) is 12.5. The van der Waals surface area contributed by atoms with E-state index in [-0.39, 0.29) is 27.6 Å². The first-order chi connectivity index (χ1) is 8.54. The lowest BCUT2D eigenvalue weighted by Gasteiger charge is -2.04. The van der Waals surface area contributed by atoms with E-state index in [1.807, 2.05) is 0 Å². The summed E-state index contributed by atoms with van der Waals surface area (Å²) >= 11 is 11.3. The van der Waals surface area contributed by atoms with Gasteiger partial charge in [0, 0.05) is 12.3 Å². The second-order valence-electron chi connectivity index (χ2n) is 3.23. The normalized spacial score (nSPS) is 10.1. The molecule has 2 aromatic heterocycles. The highest BCUT2D eigenvalue weighted by atomic mass is 35.5. The van der Waals surface area contributed by atoms with Crippen molar-refractivity contribution in [2.45, 2.75) is 0 Å². The van der Waals surface area contributed by atoms with Gasteiger partial charge in [-0.2, -0.15) is 0 Å². The van der Waals surface area contributed by atoms with Gasteiger partial charge in [-0.05, 0) is 17.7 Å². The van der Waals surface area contributed by atoms with Crippen LogP contribution in [0.15, 0.2) is 24.5 Å². The fourth-order valence-electron chi connectivity index (χ4n) is 1.19. The second kappa shape index (κ2) is 5.16. The van der Waals surface area contributed by atoms with Crippen LogP contribution in [-0.2, 0) is 0 Å². The number of aromatic hydroxyl groups is 1. The number of nitrogens with one attached hydrogen (secondary N) is 1. The molecule has 2 N–H and O–H groups in total. The Labute approximate surface area is 112 Å². The maximum atomic E-state index is 11.8. The number of aromatic nitrogens is 3. The number of hydrogen-bond acceptors (Lipinski definition) is 5. The first-order valence-corrected chi connectivity index (χ1v) is 5.45.